The zero-order valence-electron chi connectivity index (χ0n) is 13.4. The van der Waals surface area contributed by atoms with Gasteiger partial charge < -0.3 is 4.66 Å². The van der Waals surface area contributed by atoms with Crippen molar-refractivity contribution in [1.82, 2.24) is 0 Å². The molecule has 0 aromatic rings. The maximum Gasteiger partial charge on any atom is 0.188 e. The first-order chi connectivity index (χ1) is 8.41. The highest BCUT2D eigenvalue weighted by Gasteiger charge is 2.43. The van der Waals surface area contributed by atoms with Crippen molar-refractivity contribution in [3.05, 3.63) is 0 Å². The van der Waals surface area contributed by atoms with Gasteiger partial charge in [0.15, 0.2) is 8.24 Å². The van der Waals surface area contributed by atoms with Crippen LogP contribution in [-0.2, 0) is 0 Å². The highest BCUT2D eigenvalue weighted by molar-refractivity contribution is 6.82. The summed E-state index contributed by atoms with van der Waals surface area (Å²) in [5.41, 5.74) is 2.24. The molecule has 1 nitrogen and oxygen atoms in total. The van der Waals surface area contributed by atoms with Crippen molar-refractivity contribution in [3.63, 3.8) is 0 Å². The summed E-state index contributed by atoms with van der Waals surface area (Å²) in [6, 6.07) is 0. The minimum atomic E-state index is -1.54. The zero-order valence-corrected chi connectivity index (χ0v) is 14.4. The normalized spacial score (nSPS) is 19.6. The van der Waals surface area contributed by atoms with Gasteiger partial charge in [-0.1, -0.05) is 60.8 Å². The molecule has 0 spiro atoms. The van der Waals surface area contributed by atoms with Crippen LogP contribution in [0.2, 0.25) is 16.6 Å². The second-order valence-electron chi connectivity index (χ2n) is 7.03. The van der Waals surface area contributed by atoms with Gasteiger partial charge in [0, 0.05) is 0 Å². The Morgan fingerprint density at radius 2 is 1.28 bits per heavy atom. The number of nitrogens with zero attached hydrogens (tertiary/aromatic N) is 1. The molecule has 1 saturated carbocycles. The smallest absolute Gasteiger partial charge is 0.188 e. The molecule has 0 bridgehead atoms. The first kappa shape index (κ1) is 15.9. The van der Waals surface area contributed by atoms with E-state index in [9.17, 15) is 0 Å². The third kappa shape index (κ3) is 3.46. The van der Waals surface area contributed by atoms with E-state index in [1.807, 2.05) is 0 Å². The Morgan fingerprint density at radius 1 is 0.833 bits per heavy atom. The molecule has 1 aliphatic carbocycles. The third-order valence-electron chi connectivity index (χ3n) is 4.93. The molecule has 1 fully saturated rings. The maximum atomic E-state index is 5.29. The topological polar surface area (TPSA) is 12.4 Å². The van der Waals surface area contributed by atoms with E-state index in [2.05, 4.69) is 47.8 Å². The molecule has 0 heterocycles. The maximum absolute atomic E-state index is 5.29. The van der Waals surface area contributed by atoms with Crippen molar-refractivity contribution in [2.45, 2.75) is 90.3 Å². The average Bonchev–Trinajstić information content (AvgIpc) is 2.29. The summed E-state index contributed by atoms with van der Waals surface area (Å²) in [4.78, 5) is 0. The molecule has 0 atom stereocenters. The largest absolute Gasteiger partial charge is 0.332 e. The van der Waals surface area contributed by atoms with Crippen molar-refractivity contribution in [3.8, 4) is 0 Å². The van der Waals surface area contributed by atoms with E-state index in [0.29, 0.717) is 0 Å². The standard InChI is InChI=1S/C16H33NSi/c1-13(2)18(14(3)4,15(5)6)17-12-16-10-8-7-9-11-16/h12-16H,7-11H2,1-6H3/b17-12+. The Balaban J connectivity index is 2.85. The molecule has 0 unspecified atom stereocenters. The molecule has 0 aliphatic heterocycles. The number of rotatable bonds is 5. The molecule has 18 heavy (non-hydrogen) atoms. The summed E-state index contributed by atoms with van der Waals surface area (Å²) in [6.07, 6.45) is 9.40. The second kappa shape index (κ2) is 6.88. The van der Waals surface area contributed by atoms with Crippen LogP contribution < -0.4 is 0 Å². The van der Waals surface area contributed by atoms with Crippen LogP contribution in [0.5, 0.6) is 0 Å². The van der Waals surface area contributed by atoms with Crippen LogP contribution >= 0.6 is 0 Å². The van der Waals surface area contributed by atoms with Gasteiger partial charge in [0.25, 0.3) is 0 Å². The Bertz CT molecular complexity index is 240. The van der Waals surface area contributed by atoms with Gasteiger partial charge in [-0.05, 0) is 41.6 Å². The zero-order chi connectivity index (χ0) is 13.8. The van der Waals surface area contributed by atoms with E-state index in [0.717, 1.165) is 22.5 Å². The predicted octanol–water partition coefficient (Wildman–Crippen LogP) is 5.81. The lowest BCUT2D eigenvalue weighted by atomic mass is 9.90. The molecule has 2 heteroatoms. The monoisotopic (exact) mass is 267 g/mol. The summed E-state index contributed by atoms with van der Waals surface area (Å²) < 4.78 is 5.29. The highest BCUT2D eigenvalue weighted by Crippen LogP contribution is 2.42. The van der Waals surface area contributed by atoms with Crippen LogP contribution in [0.3, 0.4) is 0 Å². The summed E-state index contributed by atoms with van der Waals surface area (Å²) in [6.45, 7) is 14.4. The Hall–Kier alpha value is -0.113. The van der Waals surface area contributed by atoms with E-state index in [4.69, 9.17) is 4.66 Å². The minimum absolute atomic E-state index is 0.748. The minimum Gasteiger partial charge on any atom is -0.332 e. The molecule has 0 amide bonds. The average molecular weight is 268 g/mol. The van der Waals surface area contributed by atoms with Gasteiger partial charge in [0.1, 0.15) is 0 Å². The summed E-state index contributed by atoms with van der Waals surface area (Å²) >= 11 is 0. The van der Waals surface area contributed by atoms with E-state index in [1.165, 1.54) is 32.1 Å². The Labute approximate surface area is 116 Å². The van der Waals surface area contributed by atoms with Crippen LogP contribution in [0.1, 0.15) is 73.6 Å². The number of hydrogen-bond acceptors (Lipinski definition) is 1. The molecule has 0 N–H and O–H groups in total. The van der Waals surface area contributed by atoms with Gasteiger partial charge in [-0.25, -0.2) is 0 Å². The van der Waals surface area contributed by atoms with E-state index in [-0.39, 0.29) is 0 Å². The Kier molecular flexibility index (Phi) is 6.10. The second-order valence-corrected chi connectivity index (χ2v) is 12.5. The molecule has 0 aromatic heterocycles. The van der Waals surface area contributed by atoms with Crippen molar-refractivity contribution in [1.29, 1.82) is 0 Å². The van der Waals surface area contributed by atoms with Crippen LogP contribution in [0, 0.1) is 5.92 Å². The SMILES string of the molecule is CC(C)[Si](/N=C/C1CCCCC1)(C(C)C)C(C)C. The lowest BCUT2D eigenvalue weighted by Crippen LogP contribution is -2.43. The van der Waals surface area contributed by atoms with E-state index < -0.39 is 8.24 Å². The summed E-state index contributed by atoms with van der Waals surface area (Å²) in [5, 5.41) is 0. The van der Waals surface area contributed by atoms with Crippen LogP contribution in [0.4, 0.5) is 0 Å². The highest BCUT2D eigenvalue weighted by atomic mass is 28.3. The van der Waals surface area contributed by atoms with Crippen molar-refractivity contribution in [2.75, 3.05) is 0 Å². The fraction of sp³-hybridized carbons (Fsp3) is 0.938. The van der Waals surface area contributed by atoms with Gasteiger partial charge in [-0.2, -0.15) is 0 Å². The molecular formula is C16H33NSi. The molecule has 0 radical (unpaired) electrons. The Morgan fingerprint density at radius 3 is 1.67 bits per heavy atom. The number of hydrogen-bond donors (Lipinski definition) is 0. The quantitative estimate of drug-likeness (QED) is 0.440. The van der Waals surface area contributed by atoms with Gasteiger partial charge in [-0.3, -0.25) is 0 Å². The summed E-state index contributed by atoms with van der Waals surface area (Å²) in [5.74, 6) is 0.780. The molecule has 1 rings (SSSR count). The molecular weight excluding hydrogens is 234 g/mol. The lowest BCUT2D eigenvalue weighted by molar-refractivity contribution is 0.445. The fourth-order valence-corrected chi connectivity index (χ4v) is 9.33. The third-order valence-corrected chi connectivity index (χ3v) is 11.1. The lowest BCUT2D eigenvalue weighted by Gasteiger charge is -2.39. The van der Waals surface area contributed by atoms with Gasteiger partial charge in [-0.15, -0.1) is 0 Å². The first-order valence-electron chi connectivity index (χ1n) is 7.96. The van der Waals surface area contributed by atoms with Crippen molar-refractivity contribution >= 4 is 14.5 Å². The van der Waals surface area contributed by atoms with E-state index in [1.54, 1.807) is 0 Å². The molecule has 0 saturated heterocycles. The molecule has 0 aromatic carbocycles. The van der Waals surface area contributed by atoms with Crippen LogP contribution in [-0.4, -0.2) is 14.5 Å². The van der Waals surface area contributed by atoms with Crippen LogP contribution in [0.25, 0.3) is 0 Å². The van der Waals surface area contributed by atoms with Gasteiger partial charge in [0.05, 0.1) is 0 Å². The van der Waals surface area contributed by atoms with Crippen LogP contribution in [0.15, 0.2) is 4.66 Å². The van der Waals surface area contributed by atoms with Gasteiger partial charge in [0.2, 0.25) is 0 Å². The summed E-state index contributed by atoms with van der Waals surface area (Å²) in [7, 11) is -1.54. The first-order valence-corrected chi connectivity index (χ1v) is 10.1. The predicted molar refractivity (Wildman–Crippen MR) is 86.1 cm³/mol. The van der Waals surface area contributed by atoms with Gasteiger partial charge >= 0.3 is 0 Å². The van der Waals surface area contributed by atoms with E-state index >= 15 is 0 Å². The van der Waals surface area contributed by atoms with Crippen molar-refractivity contribution in [2.24, 2.45) is 10.6 Å². The fourth-order valence-electron chi connectivity index (χ4n) is 3.96. The molecule has 106 valence electrons. The van der Waals surface area contributed by atoms with Crippen molar-refractivity contribution < 1.29 is 0 Å². The molecule has 1 aliphatic rings.